The van der Waals surface area contributed by atoms with Gasteiger partial charge in [0.2, 0.25) is 0 Å². The van der Waals surface area contributed by atoms with Gasteiger partial charge < -0.3 is 15.0 Å². The first-order valence-electron chi connectivity index (χ1n) is 6.44. The summed E-state index contributed by atoms with van der Waals surface area (Å²) in [5.41, 5.74) is 1.01. The van der Waals surface area contributed by atoms with Crippen LogP contribution in [0.15, 0.2) is 24.3 Å². The molecule has 1 aromatic rings. The van der Waals surface area contributed by atoms with Gasteiger partial charge in [-0.3, -0.25) is 4.39 Å². The van der Waals surface area contributed by atoms with Crippen LogP contribution in [0.25, 0.3) is 0 Å². The summed E-state index contributed by atoms with van der Waals surface area (Å²) in [6.45, 7) is 1.29. The number of hydrogen-bond donors (Lipinski definition) is 1. The summed E-state index contributed by atoms with van der Waals surface area (Å²) in [5, 5.41) is 2.85. The predicted molar refractivity (Wildman–Crippen MR) is 70.9 cm³/mol. The summed E-state index contributed by atoms with van der Waals surface area (Å²) in [4.78, 5) is 13.5. The molecule has 0 aliphatic carbocycles. The topological polar surface area (TPSA) is 41.6 Å². The van der Waals surface area contributed by atoms with E-state index in [4.69, 9.17) is 4.74 Å². The molecule has 2 rings (SSSR count). The molecule has 4 nitrogen and oxygen atoms in total. The van der Waals surface area contributed by atoms with Crippen LogP contribution in [-0.2, 0) is 6.54 Å². The Bertz CT molecular complexity index is 422. The van der Waals surface area contributed by atoms with Crippen LogP contribution >= 0.6 is 0 Å². The van der Waals surface area contributed by atoms with E-state index < -0.39 is 0 Å². The number of carbonyl (C=O) groups is 1. The first-order valence-corrected chi connectivity index (χ1v) is 6.44. The van der Waals surface area contributed by atoms with Gasteiger partial charge in [-0.05, 0) is 24.1 Å². The van der Waals surface area contributed by atoms with E-state index in [2.05, 4.69) is 5.32 Å². The van der Waals surface area contributed by atoms with E-state index in [0.717, 1.165) is 17.7 Å². The molecule has 0 aromatic heterocycles. The van der Waals surface area contributed by atoms with Gasteiger partial charge in [-0.2, -0.15) is 0 Å². The maximum absolute atomic E-state index is 12.5. The Labute approximate surface area is 112 Å². The molecule has 0 spiro atoms. The molecule has 0 bridgehead atoms. The summed E-state index contributed by atoms with van der Waals surface area (Å²) >= 11 is 0. The second-order valence-corrected chi connectivity index (χ2v) is 4.76. The standard InChI is InChI=1S/C14H19FN2O2/c1-19-13-4-2-11(3-5-13)9-16-14(18)17-7-6-12(8-15)10-17/h2-5,12H,6-10H2,1H3,(H,16,18). The number of nitrogens with one attached hydrogen (secondary N) is 1. The Morgan fingerprint density at radius 2 is 2.21 bits per heavy atom. The highest BCUT2D eigenvalue weighted by Gasteiger charge is 2.25. The highest BCUT2D eigenvalue weighted by molar-refractivity contribution is 5.74. The Morgan fingerprint density at radius 3 is 2.79 bits per heavy atom. The lowest BCUT2D eigenvalue weighted by atomic mass is 10.1. The summed E-state index contributed by atoms with van der Waals surface area (Å²) in [6, 6.07) is 7.42. The van der Waals surface area contributed by atoms with Crippen LogP contribution in [0.5, 0.6) is 5.75 Å². The molecule has 1 fully saturated rings. The largest absolute Gasteiger partial charge is 0.497 e. The van der Waals surface area contributed by atoms with Crippen molar-refractivity contribution in [3.63, 3.8) is 0 Å². The number of nitrogens with zero attached hydrogens (tertiary/aromatic N) is 1. The minimum absolute atomic E-state index is 0.00624. The quantitative estimate of drug-likeness (QED) is 0.907. The minimum atomic E-state index is -0.345. The number of urea groups is 1. The van der Waals surface area contributed by atoms with Crippen molar-refractivity contribution in [2.45, 2.75) is 13.0 Å². The molecule has 1 heterocycles. The summed E-state index contributed by atoms with van der Waals surface area (Å²) < 4.78 is 17.6. The van der Waals surface area contributed by atoms with Gasteiger partial charge >= 0.3 is 6.03 Å². The van der Waals surface area contributed by atoms with Gasteiger partial charge in [-0.15, -0.1) is 0 Å². The fourth-order valence-electron chi connectivity index (χ4n) is 2.18. The van der Waals surface area contributed by atoms with E-state index in [1.54, 1.807) is 12.0 Å². The zero-order chi connectivity index (χ0) is 13.7. The van der Waals surface area contributed by atoms with Gasteiger partial charge in [0.15, 0.2) is 0 Å². The third-order valence-corrected chi connectivity index (χ3v) is 3.39. The van der Waals surface area contributed by atoms with Crippen LogP contribution < -0.4 is 10.1 Å². The second kappa shape index (κ2) is 6.41. The van der Waals surface area contributed by atoms with E-state index >= 15 is 0 Å². The molecular weight excluding hydrogens is 247 g/mol. The lowest BCUT2D eigenvalue weighted by Gasteiger charge is -2.17. The van der Waals surface area contributed by atoms with E-state index in [1.807, 2.05) is 24.3 Å². The molecule has 0 saturated carbocycles. The fourth-order valence-corrected chi connectivity index (χ4v) is 2.18. The maximum atomic E-state index is 12.5. The zero-order valence-electron chi connectivity index (χ0n) is 11.1. The number of ether oxygens (including phenoxy) is 1. The van der Waals surface area contributed by atoms with E-state index in [1.165, 1.54) is 0 Å². The van der Waals surface area contributed by atoms with Crippen molar-refractivity contribution in [1.82, 2.24) is 10.2 Å². The van der Waals surface area contributed by atoms with Crippen molar-refractivity contribution in [3.8, 4) is 5.75 Å². The van der Waals surface area contributed by atoms with E-state index in [0.29, 0.717) is 19.6 Å². The average molecular weight is 266 g/mol. The Morgan fingerprint density at radius 1 is 1.47 bits per heavy atom. The zero-order valence-corrected chi connectivity index (χ0v) is 11.1. The summed E-state index contributed by atoms with van der Waals surface area (Å²) in [6.07, 6.45) is 0.756. The van der Waals surface area contributed by atoms with Crippen molar-refractivity contribution in [1.29, 1.82) is 0 Å². The molecular formula is C14H19FN2O2. The number of rotatable bonds is 4. The SMILES string of the molecule is COc1ccc(CNC(=O)N2CCC(CF)C2)cc1. The number of methoxy groups -OCH3 is 1. The van der Waals surface area contributed by atoms with Gasteiger partial charge in [-0.1, -0.05) is 12.1 Å². The van der Waals surface area contributed by atoms with Gasteiger partial charge in [0.1, 0.15) is 5.75 Å². The van der Waals surface area contributed by atoms with Crippen molar-refractivity contribution in [2.75, 3.05) is 26.9 Å². The molecule has 19 heavy (non-hydrogen) atoms. The lowest BCUT2D eigenvalue weighted by molar-refractivity contribution is 0.205. The van der Waals surface area contributed by atoms with Crippen molar-refractivity contribution < 1.29 is 13.9 Å². The fraction of sp³-hybridized carbons (Fsp3) is 0.500. The monoisotopic (exact) mass is 266 g/mol. The average Bonchev–Trinajstić information content (AvgIpc) is 2.94. The van der Waals surface area contributed by atoms with Crippen molar-refractivity contribution in [3.05, 3.63) is 29.8 Å². The molecule has 5 heteroatoms. The van der Waals surface area contributed by atoms with Crippen molar-refractivity contribution >= 4 is 6.03 Å². The van der Waals surface area contributed by atoms with Gasteiger partial charge in [0.05, 0.1) is 13.8 Å². The van der Waals surface area contributed by atoms with E-state index in [-0.39, 0.29) is 18.6 Å². The number of carbonyl (C=O) groups excluding carboxylic acids is 1. The smallest absolute Gasteiger partial charge is 0.317 e. The molecule has 1 aliphatic rings. The summed E-state index contributed by atoms with van der Waals surface area (Å²) in [5.74, 6) is 0.798. The Balaban J connectivity index is 1.80. The Kier molecular flexibility index (Phi) is 4.60. The van der Waals surface area contributed by atoms with Crippen LogP contribution in [0.1, 0.15) is 12.0 Å². The number of hydrogen-bond acceptors (Lipinski definition) is 2. The molecule has 1 N–H and O–H groups in total. The normalized spacial score (nSPS) is 18.4. The Hall–Kier alpha value is -1.78. The molecule has 1 aromatic carbocycles. The maximum Gasteiger partial charge on any atom is 0.317 e. The van der Waals surface area contributed by atoms with Crippen LogP contribution in [-0.4, -0.2) is 37.8 Å². The third kappa shape index (κ3) is 3.59. The van der Waals surface area contributed by atoms with Crippen LogP contribution in [0, 0.1) is 5.92 Å². The predicted octanol–water partition coefficient (Wildman–Crippen LogP) is 2.20. The third-order valence-electron chi connectivity index (χ3n) is 3.39. The number of likely N-dealkylation sites (tertiary alicyclic amines) is 1. The molecule has 104 valence electrons. The van der Waals surface area contributed by atoms with Crippen LogP contribution in [0.4, 0.5) is 9.18 Å². The lowest BCUT2D eigenvalue weighted by Crippen LogP contribution is -2.38. The summed E-state index contributed by atoms with van der Waals surface area (Å²) in [7, 11) is 1.62. The first kappa shape index (κ1) is 13.6. The highest BCUT2D eigenvalue weighted by Crippen LogP contribution is 2.16. The van der Waals surface area contributed by atoms with Gasteiger partial charge in [0.25, 0.3) is 0 Å². The van der Waals surface area contributed by atoms with Crippen LogP contribution in [0.2, 0.25) is 0 Å². The minimum Gasteiger partial charge on any atom is -0.497 e. The molecule has 1 saturated heterocycles. The highest BCUT2D eigenvalue weighted by atomic mass is 19.1. The van der Waals surface area contributed by atoms with Gasteiger partial charge in [0, 0.05) is 25.6 Å². The van der Waals surface area contributed by atoms with E-state index in [9.17, 15) is 9.18 Å². The molecule has 2 amide bonds. The molecule has 0 radical (unpaired) electrons. The van der Waals surface area contributed by atoms with Crippen molar-refractivity contribution in [2.24, 2.45) is 5.92 Å². The van der Waals surface area contributed by atoms with Crippen LogP contribution in [0.3, 0.4) is 0 Å². The molecule has 1 aliphatic heterocycles. The first-order chi connectivity index (χ1) is 9.22. The number of amides is 2. The number of benzene rings is 1. The number of halogens is 1. The molecule has 1 atom stereocenters. The van der Waals surface area contributed by atoms with Gasteiger partial charge in [-0.25, -0.2) is 4.79 Å². The second-order valence-electron chi connectivity index (χ2n) is 4.76. The molecule has 1 unspecified atom stereocenters. The number of alkyl halides is 1.